The number of aryl methyl sites for hydroxylation is 3. The first-order valence-corrected chi connectivity index (χ1v) is 6.13. The minimum absolute atomic E-state index is 0.570. The number of benzene rings is 1. The number of hydrogen-bond donors (Lipinski definition) is 0. The van der Waals surface area contributed by atoms with Crippen molar-refractivity contribution >= 4 is 6.29 Å². The van der Waals surface area contributed by atoms with Crippen LogP contribution in [0.15, 0.2) is 12.1 Å². The van der Waals surface area contributed by atoms with Gasteiger partial charge in [-0.3, -0.25) is 4.79 Å². The molecular formula is C15H18N2O2. The van der Waals surface area contributed by atoms with E-state index < -0.39 is 0 Å². The fraction of sp³-hybridized carbons (Fsp3) is 0.333. The SMILES string of the molecule is COc1c(C)cc(C)cc1-c1nc(C)n(C)c1C=O. The molecule has 0 saturated heterocycles. The minimum Gasteiger partial charge on any atom is -0.496 e. The molecule has 0 radical (unpaired) electrons. The molecule has 100 valence electrons. The average molecular weight is 258 g/mol. The fourth-order valence-electron chi connectivity index (χ4n) is 2.36. The van der Waals surface area contributed by atoms with Crippen molar-refractivity contribution in [3.63, 3.8) is 0 Å². The molecule has 0 unspecified atom stereocenters. The average Bonchev–Trinajstić information content (AvgIpc) is 2.64. The Hall–Kier alpha value is -2.10. The van der Waals surface area contributed by atoms with Gasteiger partial charge in [-0.15, -0.1) is 0 Å². The molecule has 4 heteroatoms. The first-order chi connectivity index (χ1) is 8.99. The van der Waals surface area contributed by atoms with E-state index in [1.165, 1.54) is 0 Å². The largest absolute Gasteiger partial charge is 0.496 e. The molecule has 0 aliphatic heterocycles. The van der Waals surface area contributed by atoms with Crippen molar-refractivity contribution in [2.24, 2.45) is 7.05 Å². The highest BCUT2D eigenvalue weighted by Gasteiger charge is 2.18. The molecule has 0 aliphatic rings. The quantitative estimate of drug-likeness (QED) is 0.795. The second-order valence-electron chi connectivity index (χ2n) is 4.73. The zero-order valence-electron chi connectivity index (χ0n) is 11.9. The Morgan fingerprint density at radius 1 is 1.26 bits per heavy atom. The highest BCUT2D eigenvalue weighted by atomic mass is 16.5. The van der Waals surface area contributed by atoms with Gasteiger partial charge < -0.3 is 9.30 Å². The van der Waals surface area contributed by atoms with Crippen molar-refractivity contribution in [2.75, 3.05) is 7.11 Å². The Morgan fingerprint density at radius 3 is 2.53 bits per heavy atom. The van der Waals surface area contributed by atoms with Crippen LogP contribution in [0.5, 0.6) is 5.75 Å². The van der Waals surface area contributed by atoms with Crippen molar-refractivity contribution in [1.29, 1.82) is 0 Å². The number of aldehydes is 1. The first-order valence-electron chi connectivity index (χ1n) is 6.13. The molecule has 4 nitrogen and oxygen atoms in total. The summed E-state index contributed by atoms with van der Waals surface area (Å²) in [5.41, 5.74) is 4.27. The Kier molecular flexibility index (Phi) is 3.42. The van der Waals surface area contributed by atoms with Gasteiger partial charge in [0.1, 0.15) is 23.0 Å². The molecule has 0 spiro atoms. The monoisotopic (exact) mass is 258 g/mol. The van der Waals surface area contributed by atoms with E-state index in [1.807, 2.05) is 33.9 Å². The highest BCUT2D eigenvalue weighted by Crippen LogP contribution is 2.35. The summed E-state index contributed by atoms with van der Waals surface area (Å²) in [5.74, 6) is 1.57. The van der Waals surface area contributed by atoms with Gasteiger partial charge in [0.15, 0.2) is 6.29 Å². The summed E-state index contributed by atoms with van der Waals surface area (Å²) in [6, 6.07) is 4.05. The Morgan fingerprint density at radius 2 is 1.95 bits per heavy atom. The third-order valence-corrected chi connectivity index (χ3v) is 3.35. The molecule has 0 saturated carbocycles. The molecular weight excluding hydrogens is 240 g/mol. The van der Waals surface area contributed by atoms with E-state index in [0.717, 1.165) is 34.6 Å². The van der Waals surface area contributed by atoms with Crippen LogP contribution in [0.1, 0.15) is 27.4 Å². The standard InChI is InChI=1S/C15H18N2O2/c1-9-6-10(2)15(19-5)12(7-9)14-13(8-18)17(4)11(3)16-14/h6-8H,1-5H3. The van der Waals surface area contributed by atoms with Crippen molar-refractivity contribution in [1.82, 2.24) is 9.55 Å². The summed E-state index contributed by atoms with van der Waals surface area (Å²) < 4.78 is 7.26. The maximum absolute atomic E-state index is 11.3. The summed E-state index contributed by atoms with van der Waals surface area (Å²) >= 11 is 0. The van der Waals surface area contributed by atoms with Gasteiger partial charge in [0.25, 0.3) is 0 Å². The number of aromatic nitrogens is 2. The Bertz CT molecular complexity index is 642. The Balaban J connectivity index is 2.78. The molecule has 0 atom stereocenters. The van der Waals surface area contributed by atoms with Crippen molar-refractivity contribution < 1.29 is 9.53 Å². The third-order valence-electron chi connectivity index (χ3n) is 3.35. The smallest absolute Gasteiger partial charge is 0.168 e. The second kappa shape index (κ2) is 4.88. The lowest BCUT2D eigenvalue weighted by Crippen LogP contribution is -1.99. The maximum Gasteiger partial charge on any atom is 0.168 e. The van der Waals surface area contributed by atoms with Crippen molar-refractivity contribution in [2.45, 2.75) is 20.8 Å². The van der Waals surface area contributed by atoms with Crippen LogP contribution in [0.2, 0.25) is 0 Å². The van der Waals surface area contributed by atoms with E-state index in [1.54, 1.807) is 11.7 Å². The number of carbonyl (C=O) groups is 1. The van der Waals surface area contributed by atoms with Gasteiger partial charge in [0.2, 0.25) is 0 Å². The molecule has 1 heterocycles. The molecule has 0 aliphatic carbocycles. The van der Waals surface area contributed by atoms with E-state index in [9.17, 15) is 4.79 Å². The topological polar surface area (TPSA) is 44.1 Å². The highest BCUT2D eigenvalue weighted by molar-refractivity contribution is 5.86. The van der Waals surface area contributed by atoms with Gasteiger partial charge in [-0.1, -0.05) is 6.07 Å². The second-order valence-corrected chi connectivity index (χ2v) is 4.73. The molecule has 1 aromatic heterocycles. The molecule has 2 rings (SSSR count). The van der Waals surface area contributed by atoms with Crippen LogP contribution in [0, 0.1) is 20.8 Å². The number of methoxy groups -OCH3 is 1. The zero-order valence-corrected chi connectivity index (χ0v) is 11.9. The number of ether oxygens (including phenoxy) is 1. The lowest BCUT2D eigenvalue weighted by Gasteiger charge is -2.11. The van der Waals surface area contributed by atoms with E-state index in [2.05, 4.69) is 11.1 Å². The van der Waals surface area contributed by atoms with Gasteiger partial charge in [0.05, 0.1) is 7.11 Å². The molecule has 0 fully saturated rings. The van der Waals surface area contributed by atoms with Gasteiger partial charge in [-0.05, 0) is 38.0 Å². The summed E-state index contributed by atoms with van der Waals surface area (Å²) in [7, 11) is 3.47. The predicted octanol–water partition coefficient (Wildman–Crippen LogP) is 2.83. The summed E-state index contributed by atoms with van der Waals surface area (Å²) in [6.07, 6.45) is 0.840. The van der Waals surface area contributed by atoms with Gasteiger partial charge in [-0.25, -0.2) is 4.98 Å². The Labute approximate surface area is 113 Å². The van der Waals surface area contributed by atoms with Crippen LogP contribution in [-0.4, -0.2) is 22.9 Å². The van der Waals surface area contributed by atoms with Gasteiger partial charge in [-0.2, -0.15) is 0 Å². The van der Waals surface area contributed by atoms with Crippen LogP contribution >= 0.6 is 0 Å². The first kappa shape index (κ1) is 13.3. The van der Waals surface area contributed by atoms with Gasteiger partial charge in [0, 0.05) is 12.6 Å². The third kappa shape index (κ3) is 2.14. The molecule has 0 bridgehead atoms. The molecule has 1 aromatic carbocycles. The summed E-state index contributed by atoms with van der Waals surface area (Å²) in [5, 5.41) is 0. The molecule has 0 N–H and O–H groups in total. The molecule has 0 amide bonds. The van der Waals surface area contributed by atoms with E-state index in [4.69, 9.17) is 4.74 Å². The van der Waals surface area contributed by atoms with Crippen LogP contribution in [0.25, 0.3) is 11.3 Å². The summed E-state index contributed by atoms with van der Waals surface area (Å²) in [4.78, 5) is 15.8. The normalized spacial score (nSPS) is 10.6. The van der Waals surface area contributed by atoms with Crippen LogP contribution in [0.3, 0.4) is 0 Å². The maximum atomic E-state index is 11.3. The van der Waals surface area contributed by atoms with Crippen LogP contribution in [-0.2, 0) is 7.05 Å². The fourth-order valence-corrected chi connectivity index (χ4v) is 2.36. The number of rotatable bonds is 3. The van der Waals surface area contributed by atoms with Crippen molar-refractivity contribution in [3.05, 3.63) is 34.8 Å². The van der Waals surface area contributed by atoms with E-state index in [-0.39, 0.29) is 0 Å². The van der Waals surface area contributed by atoms with E-state index in [0.29, 0.717) is 11.4 Å². The molecule has 19 heavy (non-hydrogen) atoms. The van der Waals surface area contributed by atoms with Crippen LogP contribution in [0.4, 0.5) is 0 Å². The predicted molar refractivity (Wildman–Crippen MR) is 74.8 cm³/mol. The lowest BCUT2D eigenvalue weighted by molar-refractivity contribution is 0.111. The summed E-state index contributed by atoms with van der Waals surface area (Å²) in [6.45, 7) is 5.89. The number of imidazole rings is 1. The van der Waals surface area contributed by atoms with E-state index >= 15 is 0 Å². The number of hydrogen-bond acceptors (Lipinski definition) is 3. The lowest BCUT2D eigenvalue weighted by atomic mass is 10.0. The van der Waals surface area contributed by atoms with Crippen LogP contribution < -0.4 is 4.74 Å². The zero-order chi connectivity index (χ0) is 14.2. The molecule has 2 aromatic rings. The minimum atomic E-state index is 0.570. The number of nitrogens with zero attached hydrogens (tertiary/aromatic N) is 2. The van der Waals surface area contributed by atoms with Gasteiger partial charge >= 0.3 is 0 Å². The number of carbonyl (C=O) groups excluding carboxylic acids is 1. The van der Waals surface area contributed by atoms with Crippen molar-refractivity contribution in [3.8, 4) is 17.0 Å².